The third-order valence-corrected chi connectivity index (χ3v) is 7.34. The lowest BCUT2D eigenvalue weighted by Crippen LogP contribution is -2.25. The van der Waals surface area contributed by atoms with Crippen LogP contribution in [0.5, 0.6) is 0 Å². The van der Waals surface area contributed by atoms with E-state index in [1.807, 2.05) is 6.07 Å². The molecule has 0 bridgehead atoms. The zero-order valence-corrected chi connectivity index (χ0v) is 16.6. The molecular weight excluding hydrogens is 409 g/mol. The van der Waals surface area contributed by atoms with E-state index in [9.17, 15) is 18.5 Å². The van der Waals surface area contributed by atoms with E-state index < -0.39 is 32.4 Å². The van der Waals surface area contributed by atoms with Gasteiger partial charge in [-0.2, -0.15) is 5.26 Å². The summed E-state index contributed by atoms with van der Waals surface area (Å²) < 4.78 is 31.5. The molecule has 1 saturated carbocycles. The van der Waals surface area contributed by atoms with Crippen LogP contribution in [-0.4, -0.2) is 26.2 Å². The zero-order valence-electron chi connectivity index (χ0n) is 14.2. The van der Waals surface area contributed by atoms with Crippen molar-refractivity contribution in [2.75, 3.05) is 6.61 Å². The number of hydrogen-bond donors (Lipinski definition) is 0. The molecular formula is C19H15Cl2NO4S. The minimum Gasteiger partial charge on any atom is -0.465 e. The van der Waals surface area contributed by atoms with Crippen molar-refractivity contribution in [3.8, 4) is 6.07 Å². The van der Waals surface area contributed by atoms with E-state index in [0.29, 0.717) is 15.6 Å². The van der Waals surface area contributed by atoms with Crippen LogP contribution in [0.15, 0.2) is 53.4 Å². The molecule has 5 nitrogen and oxygen atoms in total. The van der Waals surface area contributed by atoms with Crippen LogP contribution < -0.4 is 0 Å². The van der Waals surface area contributed by atoms with Crippen molar-refractivity contribution >= 4 is 39.0 Å². The van der Waals surface area contributed by atoms with Crippen molar-refractivity contribution in [1.29, 1.82) is 5.26 Å². The largest absolute Gasteiger partial charge is 0.465 e. The molecule has 0 heterocycles. The molecule has 0 radical (unpaired) electrons. The summed E-state index contributed by atoms with van der Waals surface area (Å²) in [6.07, 6.45) is 0. The molecule has 0 saturated heterocycles. The minimum atomic E-state index is -4.00. The summed E-state index contributed by atoms with van der Waals surface area (Å²) in [6.45, 7) is 1.64. The average molecular weight is 424 g/mol. The molecule has 2 aromatic carbocycles. The minimum absolute atomic E-state index is 0.00893. The number of sulfone groups is 1. The molecule has 0 N–H and O–H groups in total. The molecule has 0 amide bonds. The molecule has 1 aliphatic carbocycles. The number of hydrogen-bond acceptors (Lipinski definition) is 5. The predicted molar refractivity (Wildman–Crippen MR) is 101 cm³/mol. The maximum Gasteiger partial charge on any atom is 0.328 e. The van der Waals surface area contributed by atoms with Gasteiger partial charge in [0.05, 0.1) is 17.6 Å². The molecule has 8 heteroatoms. The van der Waals surface area contributed by atoms with Crippen LogP contribution in [0.25, 0.3) is 0 Å². The summed E-state index contributed by atoms with van der Waals surface area (Å²) in [7, 11) is -4.00. The maximum absolute atomic E-state index is 13.2. The first-order valence-corrected chi connectivity index (χ1v) is 10.4. The van der Waals surface area contributed by atoms with E-state index >= 15 is 0 Å². The van der Waals surface area contributed by atoms with E-state index in [2.05, 4.69) is 0 Å². The molecule has 27 heavy (non-hydrogen) atoms. The monoisotopic (exact) mass is 423 g/mol. The van der Waals surface area contributed by atoms with Gasteiger partial charge in [-0.05, 0) is 48.9 Å². The molecule has 0 spiro atoms. The van der Waals surface area contributed by atoms with Gasteiger partial charge in [-0.25, -0.2) is 8.42 Å². The van der Waals surface area contributed by atoms with Gasteiger partial charge in [-0.15, -0.1) is 0 Å². The Kier molecular flexibility index (Phi) is 5.22. The Morgan fingerprint density at radius 3 is 2.41 bits per heavy atom. The first kappa shape index (κ1) is 19.7. The SMILES string of the molecule is CCOC(=O)[C@]1(C#N)[C@H](c2cccc(Cl)c2)[C@H]1S(=O)(=O)c1ccc(Cl)cc1. The summed E-state index contributed by atoms with van der Waals surface area (Å²) in [6, 6.07) is 14.0. The molecule has 3 atom stereocenters. The average Bonchev–Trinajstić information content (AvgIpc) is 3.34. The van der Waals surface area contributed by atoms with Crippen molar-refractivity contribution in [2.45, 2.75) is 23.0 Å². The lowest BCUT2D eigenvalue weighted by atomic mass is 10.0. The Morgan fingerprint density at radius 2 is 1.85 bits per heavy atom. The highest BCUT2D eigenvalue weighted by atomic mass is 35.5. The zero-order chi connectivity index (χ0) is 19.8. The molecule has 1 aliphatic rings. The van der Waals surface area contributed by atoms with Gasteiger partial charge >= 0.3 is 5.97 Å². The summed E-state index contributed by atoms with van der Waals surface area (Å²) in [5.41, 5.74) is -1.32. The van der Waals surface area contributed by atoms with E-state index in [1.54, 1.807) is 31.2 Å². The Hall–Kier alpha value is -2.07. The summed E-state index contributed by atoms with van der Waals surface area (Å²) in [5, 5.41) is 9.31. The Balaban J connectivity index is 2.14. The van der Waals surface area contributed by atoms with Gasteiger partial charge in [0.25, 0.3) is 0 Å². The number of benzene rings is 2. The van der Waals surface area contributed by atoms with Crippen LogP contribution in [0.2, 0.25) is 10.0 Å². The van der Waals surface area contributed by atoms with Gasteiger partial charge in [0.2, 0.25) is 0 Å². The van der Waals surface area contributed by atoms with Gasteiger partial charge in [-0.1, -0.05) is 35.3 Å². The van der Waals surface area contributed by atoms with Gasteiger partial charge in [0.1, 0.15) is 5.25 Å². The Labute approximate surface area is 167 Å². The van der Waals surface area contributed by atoms with E-state index in [-0.39, 0.29) is 11.5 Å². The van der Waals surface area contributed by atoms with E-state index in [0.717, 1.165) is 0 Å². The lowest BCUT2D eigenvalue weighted by molar-refractivity contribution is -0.147. The van der Waals surface area contributed by atoms with E-state index in [1.165, 1.54) is 24.3 Å². The number of ether oxygens (including phenoxy) is 1. The number of carbonyl (C=O) groups is 1. The van der Waals surface area contributed by atoms with Gasteiger partial charge in [0, 0.05) is 16.0 Å². The van der Waals surface area contributed by atoms with Crippen LogP contribution in [0.4, 0.5) is 0 Å². The van der Waals surface area contributed by atoms with Crippen molar-refractivity contribution in [2.24, 2.45) is 5.41 Å². The van der Waals surface area contributed by atoms with Gasteiger partial charge in [-0.3, -0.25) is 4.79 Å². The first-order chi connectivity index (χ1) is 12.8. The van der Waals surface area contributed by atoms with Crippen LogP contribution in [0, 0.1) is 16.7 Å². The van der Waals surface area contributed by atoms with Gasteiger partial charge in [0.15, 0.2) is 15.3 Å². The number of nitrogens with zero attached hydrogens (tertiary/aromatic N) is 1. The fourth-order valence-corrected chi connectivity index (χ4v) is 5.93. The van der Waals surface area contributed by atoms with Crippen molar-refractivity contribution in [3.05, 3.63) is 64.1 Å². The number of rotatable bonds is 5. The van der Waals surface area contributed by atoms with Crippen molar-refractivity contribution in [1.82, 2.24) is 0 Å². The summed E-state index contributed by atoms with van der Waals surface area (Å²) in [5.74, 6) is -1.72. The smallest absolute Gasteiger partial charge is 0.328 e. The fourth-order valence-electron chi connectivity index (χ4n) is 3.36. The summed E-state index contributed by atoms with van der Waals surface area (Å²) >= 11 is 11.9. The third kappa shape index (κ3) is 3.20. The standard InChI is InChI=1S/C19H15Cl2NO4S/c1-2-26-18(23)19(11-22)16(12-4-3-5-14(21)10-12)17(19)27(24,25)15-8-6-13(20)7-9-15/h3-10,16-17H,2H2,1H3/t16-,17-,19-/m1/s1. The number of esters is 1. The highest BCUT2D eigenvalue weighted by molar-refractivity contribution is 7.92. The second-order valence-electron chi connectivity index (χ2n) is 6.15. The third-order valence-electron chi connectivity index (χ3n) is 4.62. The number of carbonyl (C=O) groups excluding carboxylic acids is 1. The number of nitriles is 1. The maximum atomic E-state index is 13.2. The fraction of sp³-hybridized carbons (Fsp3) is 0.263. The van der Waals surface area contributed by atoms with Crippen LogP contribution in [0.3, 0.4) is 0 Å². The highest BCUT2D eigenvalue weighted by Crippen LogP contribution is 2.64. The van der Waals surface area contributed by atoms with Crippen molar-refractivity contribution < 1.29 is 17.9 Å². The molecule has 0 unspecified atom stereocenters. The number of halogens is 2. The normalized spacial score (nSPS) is 24.1. The summed E-state index contributed by atoms with van der Waals surface area (Å²) in [4.78, 5) is 12.6. The first-order valence-electron chi connectivity index (χ1n) is 8.12. The van der Waals surface area contributed by atoms with Crippen molar-refractivity contribution in [3.63, 3.8) is 0 Å². The topological polar surface area (TPSA) is 84.2 Å². The molecule has 1 fully saturated rings. The van der Waals surface area contributed by atoms with Crippen LogP contribution in [0.1, 0.15) is 18.4 Å². The lowest BCUT2D eigenvalue weighted by Gasteiger charge is -2.09. The molecule has 0 aromatic heterocycles. The Bertz CT molecular complexity index is 1030. The Morgan fingerprint density at radius 1 is 1.19 bits per heavy atom. The second-order valence-corrected chi connectivity index (χ2v) is 9.10. The predicted octanol–water partition coefficient (Wildman–Crippen LogP) is 4.01. The van der Waals surface area contributed by atoms with E-state index in [4.69, 9.17) is 27.9 Å². The van der Waals surface area contributed by atoms with Crippen LogP contribution in [-0.2, 0) is 19.4 Å². The quantitative estimate of drug-likeness (QED) is 0.678. The highest BCUT2D eigenvalue weighted by Gasteiger charge is 2.77. The second kappa shape index (κ2) is 7.16. The molecule has 140 valence electrons. The molecule has 0 aliphatic heterocycles. The van der Waals surface area contributed by atoms with Crippen LogP contribution >= 0.6 is 23.2 Å². The molecule has 2 aromatic rings. The molecule has 3 rings (SSSR count). The van der Waals surface area contributed by atoms with Gasteiger partial charge < -0.3 is 4.74 Å².